The molecule has 7 nitrogen and oxygen atoms in total. The van der Waals surface area contributed by atoms with Crippen molar-refractivity contribution in [3.05, 3.63) is 46.0 Å². The van der Waals surface area contributed by atoms with Crippen molar-refractivity contribution in [2.75, 3.05) is 27.3 Å². The van der Waals surface area contributed by atoms with Gasteiger partial charge in [0.25, 0.3) is 0 Å². The lowest BCUT2D eigenvalue weighted by Crippen LogP contribution is -2.34. The zero-order valence-electron chi connectivity index (χ0n) is 18.8. The second kappa shape index (κ2) is 9.21. The lowest BCUT2D eigenvalue weighted by Gasteiger charge is -2.34. The van der Waals surface area contributed by atoms with Gasteiger partial charge >= 0.3 is 0 Å². The van der Waals surface area contributed by atoms with Crippen molar-refractivity contribution in [1.82, 2.24) is 4.90 Å². The summed E-state index contributed by atoms with van der Waals surface area (Å²) in [5.74, 6) is 1.05. The molecule has 4 rings (SSSR count). The fourth-order valence-electron chi connectivity index (χ4n) is 5.17. The molecular formula is C25H31NO6. The number of benzene rings is 3. The topological polar surface area (TPSA) is 103 Å². The molecule has 0 fully saturated rings. The third-order valence-corrected chi connectivity index (χ3v) is 6.53. The Kier molecular flexibility index (Phi) is 6.55. The number of methoxy groups -OCH3 is 2. The predicted molar refractivity (Wildman–Crippen MR) is 123 cm³/mol. The van der Waals surface area contributed by atoms with Crippen molar-refractivity contribution in [2.24, 2.45) is 0 Å². The molecule has 1 heterocycles. The van der Waals surface area contributed by atoms with E-state index in [1.54, 1.807) is 7.11 Å². The fourth-order valence-corrected chi connectivity index (χ4v) is 5.17. The van der Waals surface area contributed by atoms with Gasteiger partial charge in [0.2, 0.25) is 0 Å². The first-order chi connectivity index (χ1) is 15.5. The van der Waals surface area contributed by atoms with Gasteiger partial charge in [-0.1, -0.05) is 6.92 Å². The Bertz CT molecular complexity index is 1160. The van der Waals surface area contributed by atoms with Gasteiger partial charge in [-0.05, 0) is 69.4 Å². The van der Waals surface area contributed by atoms with Crippen molar-refractivity contribution in [2.45, 2.75) is 45.8 Å². The van der Waals surface area contributed by atoms with E-state index in [0.29, 0.717) is 41.3 Å². The minimum Gasteiger partial charge on any atom is -0.496 e. The predicted octanol–water partition coefficient (Wildman–Crippen LogP) is 2.75. The number of aliphatic hydroxyl groups excluding tert-OH is 4. The van der Waals surface area contributed by atoms with Crippen LogP contribution in [0.5, 0.6) is 11.5 Å². The molecule has 172 valence electrons. The van der Waals surface area contributed by atoms with Gasteiger partial charge in [0.05, 0.1) is 40.1 Å². The highest BCUT2D eigenvalue weighted by Crippen LogP contribution is 2.45. The van der Waals surface area contributed by atoms with Gasteiger partial charge in [0.15, 0.2) is 0 Å². The molecule has 3 aromatic carbocycles. The van der Waals surface area contributed by atoms with Crippen molar-refractivity contribution in [3.63, 3.8) is 0 Å². The monoisotopic (exact) mass is 441 g/mol. The van der Waals surface area contributed by atoms with Crippen LogP contribution in [0.2, 0.25) is 0 Å². The van der Waals surface area contributed by atoms with Crippen LogP contribution >= 0.6 is 0 Å². The average molecular weight is 442 g/mol. The number of rotatable bonds is 7. The summed E-state index contributed by atoms with van der Waals surface area (Å²) in [5, 5.41) is 44.9. The molecule has 1 unspecified atom stereocenters. The molecule has 0 aromatic heterocycles. The van der Waals surface area contributed by atoms with Crippen LogP contribution in [0.15, 0.2) is 18.2 Å². The average Bonchev–Trinajstić information content (AvgIpc) is 2.81. The third kappa shape index (κ3) is 3.50. The Labute approximate surface area is 187 Å². The smallest absolute Gasteiger partial charge is 0.125 e. The molecule has 1 atom stereocenters. The second-order valence-corrected chi connectivity index (χ2v) is 8.29. The molecule has 1 aliphatic heterocycles. The minimum absolute atomic E-state index is 0.195. The van der Waals surface area contributed by atoms with Gasteiger partial charge < -0.3 is 29.9 Å². The largest absolute Gasteiger partial charge is 0.496 e. The molecule has 1 aliphatic rings. The highest BCUT2D eigenvalue weighted by atomic mass is 16.5. The van der Waals surface area contributed by atoms with E-state index in [9.17, 15) is 20.4 Å². The van der Waals surface area contributed by atoms with Crippen LogP contribution in [0.1, 0.15) is 47.3 Å². The van der Waals surface area contributed by atoms with E-state index in [-0.39, 0.29) is 19.8 Å². The van der Waals surface area contributed by atoms with Crippen molar-refractivity contribution < 1.29 is 29.9 Å². The van der Waals surface area contributed by atoms with E-state index in [0.717, 1.165) is 45.6 Å². The van der Waals surface area contributed by atoms with E-state index < -0.39 is 6.10 Å². The minimum atomic E-state index is -0.711. The number of hydrogen-bond donors (Lipinski definition) is 4. The lowest BCUT2D eigenvalue weighted by atomic mass is 9.83. The number of β-amino-alcohol motifs (C(OH)–C–C–N with tert-alkyl or cyclic N) is 1. The molecule has 0 aliphatic carbocycles. The van der Waals surface area contributed by atoms with Crippen LogP contribution in [0.25, 0.3) is 21.5 Å². The fraction of sp³-hybridized carbons (Fsp3) is 0.440. The Morgan fingerprint density at radius 2 is 1.59 bits per heavy atom. The van der Waals surface area contributed by atoms with Crippen LogP contribution in [0, 0.1) is 0 Å². The first kappa shape index (κ1) is 22.8. The molecule has 0 bridgehead atoms. The van der Waals surface area contributed by atoms with E-state index in [1.807, 2.05) is 18.2 Å². The summed E-state index contributed by atoms with van der Waals surface area (Å²) in [6, 6.07) is 5.64. The molecule has 0 saturated carbocycles. The van der Waals surface area contributed by atoms with Crippen LogP contribution in [-0.2, 0) is 26.4 Å². The Morgan fingerprint density at radius 3 is 2.19 bits per heavy atom. The SMILES string of the molecule is CCCN1Cc2c(c3cc(OC)c(CO)c(CO)c3c3cc(CO)c(OC)cc23)C(O)C1. The van der Waals surface area contributed by atoms with Crippen LogP contribution in [0.3, 0.4) is 0 Å². The third-order valence-electron chi connectivity index (χ3n) is 6.53. The van der Waals surface area contributed by atoms with Gasteiger partial charge in [-0.25, -0.2) is 0 Å². The van der Waals surface area contributed by atoms with Gasteiger partial charge in [0.1, 0.15) is 11.5 Å². The molecule has 4 N–H and O–H groups in total. The zero-order chi connectivity index (χ0) is 23.0. The van der Waals surface area contributed by atoms with E-state index >= 15 is 0 Å². The summed E-state index contributed by atoms with van der Waals surface area (Å²) in [6.07, 6.45) is 0.269. The van der Waals surface area contributed by atoms with Crippen LogP contribution in [0.4, 0.5) is 0 Å². The second-order valence-electron chi connectivity index (χ2n) is 8.29. The Balaban J connectivity index is 2.22. The van der Waals surface area contributed by atoms with Crippen molar-refractivity contribution in [1.29, 1.82) is 0 Å². The van der Waals surface area contributed by atoms with Crippen LogP contribution in [-0.4, -0.2) is 52.6 Å². The molecule has 0 radical (unpaired) electrons. The van der Waals surface area contributed by atoms with Gasteiger partial charge in [0, 0.05) is 24.2 Å². The molecule has 7 heteroatoms. The Hall–Kier alpha value is -2.42. The summed E-state index contributed by atoms with van der Waals surface area (Å²) in [4.78, 5) is 2.23. The van der Waals surface area contributed by atoms with Crippen molar-refractivity contribution >= 4 is 21.5 Å². The normalized spacial score (nSPS) is 16.5. The first-order valence-corrected chi connectivity index (χ1v) is 10.9. The molecule has 0 spiro atoms. The maximum absolute atomic E-state index is 11.2. The van der Waals surface area contributed by atoms with Crippen molar-refractivity contribution in [3.8, 4) is 11.5 Å². The highest BCUT2D eigenvalue weighted by Gasteiger charge is 2.30. The summed E-state index contributed by atoms with van der Waals surface area (Å²) >= 11 is 0. The summed E-state index contributed by atoms with van der Waals surface area (Å²) < 4.78 is 11.1. The molecular weight excluding hydrogens is 410 g/mol. The quantitative estimate of drug-likeness (QED) is 0.418. The zero-order valence-corrected chi connectivity index (χ0v) is 18.8. The van der Waals surface area contributed by atoms with Gasteiger partial charge in [-0.2, -0.15) is 0 Å². The maximum Gasteiger partial charge on any atom is 0.125 e. The van der Waals surface area contributed by atoms with Gasteiger partial charge in [-0.15, -0.1) is 0 Å². The van der Waals surface area contributed by atoms with E-state index in [1.165, 1.54) is 7.11 Å². The molecule has 32 heavy (non-hydrogen) atoms. The number of ether oxygens (including phenoxy) is 2. The number of fused-ring (bicyclic) bond motifs is 6. The summed E-state index contributed by atoms with van der Waals surface area (Å²) in [6.45, 7) is 3.40. The van der Waals surface area contributed by atoms with E-state index in [2.05, 4.69) is 11.8 Å². The molecule has 0 amide bonds. The van der Waals surface area contributed by atoms with Gasteiger partial charge in [-0.3, -0.25) is 4.90 Å². The number of hydrogen-bond acceptors (Lipinski definition) is 7. The highest BCUT2D eigenvalue weighted by molar-refractivity contribution is 6.14. The summed E-state index contributed by atoms with van der Waals surface area (Å²) in [5.41, 5.74) is 3.53. The lowest BCUT2D eigenvalue weighted by molar-refractivity contribution is 0.0944. The standard InChI is InChI=1S/C25H31NO6/c1-4-5-26-9-18-15-7-22(31-2)14(11-27)6-16(15)24-17(25(18)21(30)10-26)8-23(32-3)19(12-28)20(24)13-29/h6-8,21,27-30H,4-5,9-13H2,1-3H3. The Morgan fingerprint density at radius 1 is 0.906 bits per heavy atom. The first-order valence-electron chi connectivity index (χ1n) is 10.9. The number of nitrogens with zero attached hydrogens (tertiary/aromatic N) is 1. The molecule has 3 aromatic rings. The van der Waals surface area contributed by atoms with Crippen LogP contribution < -0.4 is 9.47 Å². The maximum atomic E-state index is 11.2. The molecule has 0 saturated heterocycles. The van der Waals surface area contributed by atoms with E-state index in [4.69, 9.17) is 9.47 Å². The number of aliphatic hydroxyl groups is 4. The summed E-state index contributed by atoms with van der Waals surface area (Å²) in [7, 11) is 3.10.